The number of hydrogen-bond donors (Lipinski definition) is 1. The molecule has 3 aromatic carbocycles. The molecule has 0 saturated heterocycles. The lowest BCUT2D eigenvalue weighted by Gasteiger charge is -2.17. The quantitative estimate of drug-likeness (QED) is 0.194. The van der Waals surface area contributed by atoms with Crippen molar-refractivity contribution in [2.24, 2.45) is 0 Å². The van der Waals surface area contributed by atoms with Gasteiger partial charge < -0.3 is 14.6 Å². The van der Waals surface area contributed by atoms with Crippen LogP contribution in [0, 0.1) is 0 Å². The Morgan fingerprint density at radius 2 is 1.37 bits per heavy atom. The van der Waals surface area contributed by atoms with Crippen molar-refractivity contribution in [2.75, 3.05) is 18.1 Å². The van der Waals surface area contributed by atoms with Gasteiger partial charge in [-0.1, -0.05) is 76.4 Å². The van der Waals surface area contributed by atoms with Crippen molar-refractivity contribution < 1.29 is 29.0 Å². The number of unbranched alkanes of at least 4 members (excludes halogenated alkanes) is 3. The minimum Gasteiger partial charge on any atom is -0.492 e. The summed E-state index contributed by atoms with van der Waals surface area (Å²) in [6, 6.07) is 14.1. The van der Waals surface area contributed by atoms with Gasteiger partial charge in [0, 0.05) is 10.8 Å². The summed E-state index contributed by atoms with van der Waals surface area (Å²) < 4.78 is 12.3. The summed E-state index contributed by atoms with van der Waals surface area (Å²) in [6.07, 6.45) is 5.26. The van der Waals surface area contributed by atoms with Gasteiger partial charge in [-0.15, -0.1) is 0 Å². The number of nitrogens with zero attached hydrogens (tertiary/aromatic N) is 1. The molecule has 2 amide bonds. The molecule has 200 valence electrons. The third kappa shape index (κ3) is 5.10. The minimum absolute atomic E-state index is 0.215. The molecule has 4 rings (SSSR count). The fourth-order valence-corrected chi connectivity index (χ4v) is 4.95. The molecule has 0 fully saturated rings. The topological polar surface area (TPSA) is 93.1 Å². The normalized spacial score (nSPS) is 13.6. The molecule has 38 heavy (non-hydrogen) atoms. The van der Waals surface area contributed by atoms with Crippen LogP contribution in [0.2, 0.25) is 0 Å². The molecule has 1 heterocycles. The highest BCUT2D eigenvalue weighted by Crippen LogP contribution is 2.46. The van der Waals surface area contributed by atoms with Gasteiger partial charge >= 0.3 is 5.97 Å². The first kappa shape index (κ1) is 27.2. The number of carbonyl (C=O) groups is 3. The van der Waals surface area contributed by atoms with Crippen LogP contribution in [0.15, 0.2) is 48.5 Å². The smallest absolute Gasteiger partial charge is 0.310 e. The Morgan fingerprint density at radius 3 is 1.87 bits per heavy atom. The number of carboxylic acid groups (broad SMARTS) is 1. The first-order valence-corrected chi connectivity index (χ1v) is 13.5. The highest BCUT2D eigenvalue weighted by Gasteiger charge is 2.43. The molecule has 3 aromatic rings. The molecule has 1 aliphatic heterocycles. The van der Waals surface area contributed by atoms with E-state index in [1.54, 1.807) is 24.3 Å². The molecule has 0 aromatic heterocycles. The van der Waals surface area contributed by atoms with Gasteiger partial charge in [-0.3, -0.25) is 14.4 Å². The summed E-state index contributed by atoms with van der Waals surface area (Å²) >= 11 is 0. The van der Waals surface area contributed by atoms with Crippen molar-refractivity contribution in [3.63, 3.8) is 0 Å². The Labute approximate surface area is 223 Å². The van der Waals surface area contributed by atoms with E-state index in [4.69, 9.17) is 9.47 Å². The van der Waals surface area contributed by atoms with E-state index in [1.165, 1.54) is 0 Å². The second kappa shape index (κ2) is 12.1. The third-order valence-corrected chi connectivity index (χ3v) is 6.91. The maximum Gasteiger partial charge on any atom is 0.310 e. The number of carboxylic acids is 1. The Bertz CT molecular complexity index is 1330. The van der Waals surface area contributed by atoms with E-state index in [9.17, 15) is 19.5 Å². The van der Waals surface area contributed by atoms with E-state index in [1.807, 2.05) is 38.1 Å². The average Bonchev–Trinajstić information content (AvgIpc) is 3.18. The number of fused-ring (bicyclic) bond motifs is 2. The second-order valence-corrected chi connectivity index (χ2v) is 9.55. The zero-order valence-corrected chi connectivity index (χ0v) is 22.3. The molecular weight excluding hydrogens is 482 g/mol. The van der Waals surface area contributed by atoms with Crippen LogP contribution in [0.1, 0.15) is 91.5 Å². The van der Waals surface area contributed by atoms with Crippen LogP contribution in [-0.2, 0) is 4.79 Å². The molecule has 7 heteroatoms. The summed E-state index contributed by atoms with van der Waals surface area (Å²) in [4.78, 5) is 40.5. The second-order valence-electron chi connectivity index (χ2n) is 9.55. The predicted octanol–water partition coefficient (Wildman–Crippen LogP) is 6.97. The molecule has 1 unspecified atom stereocenters. The van der Waals surface area contributed by atoms with Crippen LogP contribution >= 0.6 is 0 Å². The zero-order valence-electron chi connectivity index (χ0n) is 22.3. The largest absolute Gasteiger partial charge is 0.492 e. The standard InChI is InChI=1S/C31H35NO6/c1-4-7-8-11-19-38-28-24-13-10-9-12-23(24)27(37-18-5-2)25-26(28)30(34)32(29(25)33)21-16-14-20(15-17-21)22(6-3)31(35)36/h9-10,12-17,22H,4-8,11,18-19H2,1-3H3,(H,35,36). The van der Waals surface area contributed by atoms with Crippen LogP contribution in [0.25, 0.3) is 10.8 Å². The Balaban J connectivity index is 1.80. The zero-order chi connectivity index (χ0) is 27.2. The number of amides is 2. The molecule has 7 nitrogen and oxygen atoms in total. The van der Waals surface area contributed by atoms with Crippen molar-refractivity contribution in [1.29, 1.82) is 0 Å². The van der Waals surface area contributed by atoms with Crippen molar-refractivity contribution in [1.82, 2.24) is 0 Å². The highest BCUT2D eigenvalue weighted by molar-refractivity contribution is 6.38. The Hall–Kier alpha value is -3.87. The molecular formula is C31H35NO6. The number of imide groups is 1. The van der Waals surface area contributed by atoms with Gasteiger partial charge in [-0.2, -0.15) is 0 Å². The first-order valence-electron chi connectivity index (χ1n) is 13.5. The Morgan fingerprint density at radius 1 is 0.789 bits per heavy atom. The number of carbonyl (C=O) groups excluding carboxylic acids is 2. The number of rotatable bonds is 13. The predicted molar refractivity (Wildman–Crippen MR) is 148 cm³/mol. The van der Waals surface area contributed by atoms with Crippen LogP contribution in [0.5, 0.6) is 11.5 Å². The van der Waals surface area contributed by atoms with E-state index in [-0.39, 0.29) is 11.1 Å². The van der Waals surface area contributed by atoms with E-state index in [0.29, 0.717) is 42.4 Å². The van der Waals surface area contributed by atoms with Crippen molar-refractivity contribution >= 4 is 34.2 Å². The van der Waals surface area contributed by atoms with Gasteiger partial charge in [-0.05, 0) is 37.0 Å². The molecule has 1 atom stereocenters. The lowest BCUT2D eigenvalue weighted by Crippen LogP contribution is -2.29. The fraction of sp³-hybridized carbons (Fsp3) is 0.387. The van der Waals surface area contributed by atoms with Crippen molar-refractivity contribution in [3.8, 4) is 11.5 Å². The molecule has 0 saturated carbocycles. The molecule has 0 bridgehead atoms. The molecule has 0 radical (unpaired) electrons. The monoisotopic (exact) mass is 517 g/mol. The molecule has 1 N–H and O–H groups in total. The van der Waals surface area contributed by atoms with Gasteiger partial charge in [0.1, 0.15) is 11.5 Å². The van der Waals surface area contributed by atoms with E-state index < -0.39 is 23.7 Å². The van der Waals surface area contributed by atoms with Gasteiger partial charge in [0.15, 0.2) is 0 Å². The van der Waals surface area contributed by atoms with Gasteiger partial charge in [-0.25, -0.2) is 4.90 Å². The maximum absolute atomic E-state index is 13.9. The summed E-state index contributed by atoms with van der Waals surface area (Å²) in [7, 11) is 0. The van der Waals surface area contributed by atoms with Gasteiger partial charge in [0.25, 0.3) is 11.8 Å². The number of ether oxygens (including phenoxy) is 2. The number of benzene rings is 3. The number of hydrogen-bond acceptors (Lipinski definition) is 5. The van der Waals surface area contributed by atoms with Gasteiger partial charge in [0.2, 0.25) is 0 Å². The lowest BCUT2D eigenvalue weighted by atomic mass is 9.96. The van der Waals surface area contributed by atoms with Crippen LogP contribution in [0.3, 0.4) is 0 Å². The molecule has 1 aliphatic rings. The van der Waals surface area contributed by atoms with Crippen molar-refractivity contribution in [2.45, 2.75) is 65.2 Å². The molecule has 0 spiro atoms. The van der Waals surface area contributed by atoms with Crippen LogP contribution in [-0.4, -0.2) is 36.1 Å². The average molecular weight is 518 g/mol. The number of anilines is 1. The third-order valence-electron chi connectivity index (χ3n) is 6.91. The van der Waals surface area contributed by atoms with E-state index in [0.717, 1.165) is 47.8 Å². The van der Waals surface area contributed by atoms with Gasteiger partial charge in [0.05, 0.1) is 35.9 Å². The maximum atomic E-state index is 13.9. The lowest BCUT2D eigenvalue weighted by molar-refractivity contribution is -0.138. The van der Waals surface area contributed by atoms with Crippen LogP contribution in [0.4, 0.5) is 5.69 Å². The summed E-state index contributed by atoms with van der Waals surface area (Å²) in [5, 5.41) is 11.0. The van der Waals surface area contributed by atoms with E-state index >= 15 is 0 Å². The van der Waals surface area contributed by atoms with E-state index in [2.05, 4.69) is 6.92 Å². The first-order chi connectivity index (χ1) is 18.4. The summed E-state index contributed by atoms with van der Waals surface area (Å²) in [5.41, 5.74) is 1.43. The van der Waals surface area contributed by atoms with Crippen LogP contribution < -0.4 is 14.4 Å². The fourth-order valence-electron chi connectivity index (χ4n) is 4.95. The minimum atomic E-state index is -0.911. The highest BCUT2D eigenvalue weighted by atomic mass is 16.5. The number of aliphatic carboxylic acids is 1. The summed E-state index contributed by atoms with van der Waals surface area (Å²) in [6.45, 7) is 6.78. The molecule has 0 aliphatic carbocycles. The van der Waals surface area contributed by atoms with Crippen molar-refractivity contribution in [3.05, 3.63) is 65.2 Å². The Kier molecular flexibility index (Phi) is 8.66. The SMILES string of the molecule is CCCCCCOc1c2c(c(OCCC)c3ccccc13)C(=O)N(c1ccc(C(CC)C(=O)O)cc1)C2=O. The summed E-state index contributed by atoms with van der Waals surface area (Å²) in [5.74, 6) is -1.71.